The van der Waals surface area contributed by atoms with E-state index in [-0.39, 0.29) is 0 Å². The van der Waals surface area contributed by atoms with Gasteiger partial charge in [0.05, 0.1) is 69.2 Å². The van der Waals surface area contributed by atoms with Gasteiger partial charge < -0.3 is 9.13 Å². The SMILES string of the molecule is [C-]#[N+]c1cccc2c3cc(C#N)ccc3n(-c3ccccc3-c3cccc(-c4cc(C#N)cc(-n5c6ccccc6c6cc(C#N)ccc65)c4)c3)c12. The normalized spacial score (nSPS) is 11.0. The summed E-state index contributed by atoms with van der Waals surface area (Å²) in [6.45, 7) is 8.01. The van der Waals surface area contributed by atoms with Gasteiger partial charge in [-0.3, -0.25) is 0 Å². The molecule has 6 heteroatoms. The van der Waals surface area contributed by atoms with E-state index in [2.05, 4.69) is 80.7 Å². The van der Waals surface area contributed by atoms with E-state index in [0.29, 0.717) is 22.4 Å². The summed E-state index contributed by atoms with van der Waals surface area (Å²) < 4.78 is 4.29. The Morgan fingerprint density at radius 2 is 1.10 bits per heavy atom. The van der Waals surface area contributed by atoms with Crippen molar-refractivity contribution >= 4 is 49.3 Å². The first kappa shape index (κ1) is 30.2. The van der Waals surface area contributed by atoms with Gasteiger partial charge in [0.1, 0.15) is 0 Å². The number of hydrogen-bond donors (Lipinski definition) is 0. The third kappa shape index (κ3) is 4.62. The fourth-order valence-electron chi connectivity index (χ4n) is 7.53. The van der Waals surface area contributed by atoms with Crippen molar-refractivity contribution in [2.45, 2.75) is 0 Å². The van der Waals surface area contributed by atoms with E-state index in [1.165, 1.54) is 0 Å². The number of para-hydroxylation sites is 3. The minimum atomic E-state index is 0.533. The summed E-state index contributed by atoms with van der Waals surface area (Å²) in [4.78, 5) is 3.89. The topological polar surface area (TPSA) is 85.6 Å². The summed E-state index contributed by atoms with van der Waals surface area (Å²) in [5, 5.41) is 33.4. The maximum absolute atomic E-state index is 10.2. The molecule has 0 radical (unpaired) electrons. The largest absolute Gasteiger partial charge is 0.318 e. The van der Waals surface area contributed by atoms with Crippen LogP contribution in [0.4, 0.5) is 5.69 Å². The van der Waals surface area contributed by atoms with Gasteiger partial charge in [-0.1, -0.05) is 72.8 Å². The molecular weight excluding hydrogens is 637 g/mol. The maximum Gasteiger partial charge on any atom is 0.211 e. The first-order valence-corrected chi connectivity index (χ1v) is 16.6. The van der Waals surface area contributed by atoms with E-state index < -0.39 is 0 Å². The van der Waals surface area contributed by atoms with E-state index in [1.54, 1.807) is 0 Å². The summed E-state index contributed by atoms with van der Waals surface area (Å²) in [6, 6.07) is 54.5. The fraction of sp³-hybridized carbons (Fsp3) is 0. The van der Waals surface area contributed by atoms with Crippen LogP contribution in [0.5, 0.6) is 0 Å². The molecule has 0 spiro atoms. The molecule has 0 atom stereocenters. The van der Waals surface area contributed by atoms with E-state index in [1.807, 2.05) is 97.1 Å². The number of rotatable bonds is 4. The van der Waals surface area contributed by atoms with Gasteiger partial charge in [0.25, 0.3) is 0 Å². The van der Waals surface area contributed by atoms with Crippen molar-refractivity contribution in [3.8, 4) is 51.8 Å². The fourth-order valence-corrected chi connectivity index (χ4v) is 7.53. The zero-order chi connectivity index (χ0) is 35.3. The van der Waals surface area contributed by atoms with Crippen molar-refractivity contribution < 1.29 is 0 Å². The van der Waals surface area contributed by atoms with Gasteiger partial charge in [0, 0.05) is 27.4 Å². The zero-order valence-electron chi connectivity index (χ0n) is 27.5. The third-order valence-electron chi connectivity index (χ3n) is 9.77. The van der Waals surface area contributed by atoms with Gasteiger partial charge in [0.15, 0.2) is 0 Å². The first-order valence-electron chi connectivity index (χ1n) is 16.6. The Labute approximate surface area is 298 Å². The van der Waals surface area contributed by atoms with Gasteiger partial charge in [-0.05, 0) is 94.9 Å². The van der Waals surface area contributed by atoms with Gasteiger partial charge in [-0.15, -0.1) is 0 Å². The Morgan fingerprint density at radius 1 is 0.462 bits per heavy atom. The molecule has 0 aliphatic carbocycles. The molecule has 6 nitrogen and oxygen atoms in total. The monoisotopic (exact) mass is 660 g/mol. The Balaban J connectivity index is 1.24. The predicted molar refractivity (Wildman–Crippen MR) is 206 cm³/mol. The van der Waals surface area contributed by atoms with Crippen LogP contribution in [0.2, 0.25) is 0 Å². The number of nitrogens with zero attached hydrogens (tertiary/aromatic N) is 6. The molecule has 238 valence electrons. The van der Waals surface area contributed by atoms with Gasteiger partial charge in [-0.2, -0.15) is 15.8 Å². The second-order valence-corrected chi connectivity index (χ2v) is 12.6. The standard InChI is InChI=1S/C46H24N6/c1-50-41-13-7-12-38-40-23-30(27-48)17-19-45(40)52(46(38)41)42-14-4-2-10-36(42)33-9-6-8-32(24-33)34-20-31(28-49)21-35(25-34)51-43-15-5-3-11-37(43)39-22-29(26-47)16-18-44(39)51/h2-25H. The molecule has 0 aliphatic rings. The number of aromatic nitrogens is 2. The Hall–Kier alpha value is -7.90. The van der Waals surface area contributed by atoms with Crippen LogP contribution in [-0.2, 0) is 0 Å². The highest BCUT2D eigenvalue weighted by atomic mass is 15.0. The van der Waals surface area contributed by atoms with Crippen LogP contribution < -0.4 is 0 Å². The molecule has 2 heterocycles. The summed E-state index contributed by atoms with van der Waals surface area (Å²) in [6.07, 6.45) is 0. The summed E-state index contributed by atoms with van der Waals surface area (Å²) >= 11 is 0. The van der Waals surface area contributed by atoms with Crippen molar-refractivity contribution in [1.82, 2.24) is 9.13 Å². The Kier molecular flexibility index (Phi) is 6.91. The van der Waals surface area contributed by atoms with Crippen LogP contribution in [0.15, 0.2) is 146 Å². The molecule has 2 aromatic heterocycles. The van der Waals surface area contributed by atoms with Crippen LogP contribution >= 0.6 is 0 Å². The summed E-state index contributed by atoms with van der Waals surface area (Å²) in [5.74, 6) is 0. The number of hydrogen-bond acceptors (Lipinski definition) is 3. The molecule has 0 saturated carbocycles. The van der Waals surface area contributed by atoms with E-state index in [0.717, 1.165) is 77.2 Å². The van der Waals surface area contributed by atoms with Gasteiger partial charge in [0.2, 0.25) is 5.69 Å². The highest BCUT2D eigenvalue weighted by molar-refractivity contribution is 6.14. The molecule has 7 aromatic carbocycles. The summed E-state index contributed by atoms with van der Waals surface area (Å²) in [7, 11) is 0. The minimum Gasteiger partial charge on any atom is -0.318 e. The number of fused-ring (bicyclic) bond motifs is 6. The lowest BCUT2D eigenvalue weighted by atomic mass is 9.96. The molecule has 0 fully saturated rings. The lowest BCUT2D eigenvalue weighted by Crippen LogP contribution is -1.98. The van der Waals surface area contributed by atoms with E-state index in [4.69, 9.17) is 6.57 Å². The molecule has 9 aromatic rings. The van der Waals surface area contributed by atoms with Crippen molar-refractivity contribution in [2.75, 3.05) is 0 Å². The average Bonchev–Trinajstić information content (AvgIpc) is 3.72. The van der Waals surface area contributed by atoms with Crippen LogP contribution in [0.25, 0.3) is 82.1 Å². The lowest BCUT2D eigenvalue weighted by molar-refractivity contribution is 1.18. The molecule has 0 amide bonds. The highest BCUT2D eigenvalue weighted by Crippen LogP contribution is 2.41. The smallest absolute Gasteiger partial charge is 0.211 e. The lowest BCUT2D eigenvalue weighted by Gasteiger charge is -2.16. The van der Waals surface area contributed by atoms with Crippen LogP contribution in [-0.4, -0.2) is 9.13 Å². The molecule has 0 saturated heterocycles. The number of nitriles is 3. The van der Waals surface area contributed by atoms with Crippen molar-refractivity contribution in [2.24, 2.45) is 0 Å². The second kappa shape index (κ2) is 11.9. The maximum atomic E-state index is 10.2. The first-order chi connectivity index (χ1) is 25.6. The molecule has 52 heavy (non-hydrogen) atoms. The van der Waals surface area contributed by atoms with Gasteiger partial charge in [-0.25, -0.2) is 4.85 Å². The molecular formula is C46H24N6. The Morgan fingerprint density at radius 3 is 1.87 bits per heavy atom. The van der Waals surface area contributed by atoms with E-state index >= 15 is 0 Å². The second-order valence-electron chi connectivity index (χ2n) is 12.6. The zero-order valence-corrected chi connectivity index (χ0v) is 27.5. The quantitative estimate of drug-likeness (QED) is 0.176. The highest BCUT2D eigenvalue weighted by Gasteiger charge is 2.19. The molecule has 0 bridgehead atoms. The van der Waals surface area contributed by atoms with Crippen LogP contribution in [0, 0.1) is 40.6 Å². The summed E-state index contributed by atoms with van der Waals surface area (Å²) in [5.41, 5.74) is 11.4. The van der Waals surface area contributed by atoms with Gasteiger partial charge >= 0.3 is 0 Å². The van der Waals surface area contributed by atoms with E-state index in [9.17, 15) is 15.8 Å². The van der Waals surface area contributed by atoms with Crippen LogP contribution in [0.3, 0.4) is 0 Å². The third-order valence-corrected chi connectivity index (χ3v) is 9.77. The average molecular weight is 661 g/mol. The minimum absolute atomic E-state index is 0.533. The van der Waals surface area contributed by atoms with Crippen LogP contribution in [0.1, 0.15) is 16.7 Å². The van der Waals surface area contributed by atoms with Crippen molar-refractivity contribution in [3.05, 3.63) is 174 Å². The molecule has 0 N–H and O–H groups in total. The molecule has 9 rings (SSSR count). The predicted octanol–water partition coefficient (Wildman–Crippen LogP) is 11.4. The van der Waals surface area contributed by atoms with Crippen molar-refractivity contribution in [1.29, 1.82) is 15.8 Å². The Bertz CT molecular complexity index is 3130. The number of benzene rings is 7. The molecule has 0 unspecified atom stereocenters. The molecule has 0 aliphatic heterocycles. The van der Waals surface area contributed by atoms with Crippen molar-refractivity contribution in [3.63, 3.8) is 0 Å².